The van der Waals surface area contributed by atoms with Crippen LogP contribution < -0.4 is 114 Å². The maximum atomic E-state index is 11.3. The first kappa shape index (κ1) is 27.9. The van der Waals surface area contributed by atoms with Crippen molar-refractivity contribution >= 4 is 23.9 Å². The molecule has 22 heavy (non-hydrogen) atoms. The van der Waals surface area contributed by atoms with Gasteiger partial charge in [-0.05, 0) is 0 Å². The van der Waals surface area contributed by atoms with E-state index < -0.39 is 53.5 Å². The van der Waals surface area contributed by atoms with Crippen molar-refractivity contribution in [2.24, 2.45) is 0 Å². The Hall–Kier alpha value is 1.07. The number of aliphatic carboxylic acids is 4. The fourth-order valence-corrected chi connectivity index (χ4v) is 2.40. The smallest absolute Gasteiger partial charge is 1.00 e. The normalized spacial score (nSPS) is 14.4. The van der Waals surface area contributed by atoms with E-state index in [1.807, 2.05) is 0 Å². The van der Waals surface area contributed by atoms with E-state index >= 15 is 0 Å². The molecule has 0 heterocycles. The number of rotatable bonds is 8. The Labute approximate surface area is 214 Å². The molecular weight excluding hydrogens is 354 g/mol. The number of quaternary nitrogens is 1. The molecule has 6 N–H and O–H groups in total. The Morgan fingerprint density at radius 2 is 1.32 bits per heavy atom. The second kappa shape index (κ2) is 10.8. The number of nitrogens with zero attached hydrogens (tertiary/aromatic N) is 1. The van der Waals surface area contributed by atoms with Crippen LogP contribution >= 0.6 is 0 Å². The van der Waals surface area contributed by atoms with Crippen molar-refractivity contribution in [1.29, 1.82) is 0 Å². The average Bonchev–Trinajstić information content (AvgIpc) is 2.93. The van der Waals surface area contributed by atoms with Crippen LogP contribution in [0.4, 0.5) is 0 Å². The Bertz CT molecular complexity index is 421. The predicted octanol–water partition coefficient (Wildman–Crippen LogP) is -8.27. The van der Waals surface area contributed by atoms with Crippen LogP contribution in [0.25, 0.3) is 0 Å². The summed E-state index contributed by atoms with van der Waals surface area (Å²) in [4.78, 5) is 43.7. The van der Waals surface area contributed by atoms with E-state index in [1.54, 1.807) is 0 Å². The molecule has 0 bridgehead atoms. The maximum absolute atomic E-state index is 11.3. The van der Waals surface area contributed by atoms with Crippen molar-refractivity contribution in [3.63, 3.8) is 0 Å². The van der Waals surface area contributed by atoms with Crippen LogP contribution in [0.5, 0.6) is 0 Å². The van der Waals surface area contributed by atoms with Crippen LogP contribution in [-0.4, -0.2) is 68.9 Å². The van der Waals surface area contributed by atoms with Gasteiger partial charge in [0.05, 0.1) is 5.97 Å². The van der Waals surface area contributed by atoms with E-state index in [-0.39, 0.29) is 125 Å². The summed E-state index contributed by atoms with van der Waals surface area (Å²) in [7, 11) is 0. The van der Waals surface area contributed by atoms with Gasteiger partial charge in [-0.2, -0.15) is 0 Å². The van der Waals surface area contributed by atoms with Crippen LogP contribution in [-0.2, 0) is 19.2 Å². The van der Waals surface area contributed by atoms with E-state index in [2.05, 4.69) is 0 Å². The van der Waals surface area contributed by atoms with E-state index in [4.69, 9.17) is 15.3 Å². The van der Waals surface area contributed by atoms with Crippen LogP contribution in [0, 0.1) is 0 Å². The van der Waals surface area contributed by atoms with Gasteiger partial charge >= 0.3 is 121 Å². The van der Waals surface area contributed by atoms with Crippen molar-refractivity contribution in [3.8, 4) is 0 Å². The molecule has 1 aliphatic rings. The van der Waals surface area contributed by atoms with Crippen LogP contribution in [0.15, 0.2) is 0 Å². The third kappa shape index (κ3) is 6.52. The second-order valence-electron chi connectivity index (χ2n) is 4.62. The summed E-state index contributed by atoms with van der Waals surface area (Å²) in [6.07, 6.45) is 0.0757. The Morgan fingerprint density at radius 3 is 1.50 bits per heavy atom. The Kier molecular flexibility index (Phi) is 13.7. The number of hydrogen-bond acceptors (Lipinski definition) is 6. The molecule has 10 nitrogen and oxygen atoms in total. The summed E-state index contributed by atoms with van der Waals surface area (Å²) in [6, 6.07) is 0. The topological polar surface area (TPSA) is 187 Å². The fraction of sp³-hybridized carbons (Fsp3) is 0.600. The van der Waals surface area contributed by atoms with Crippen molar-refractivity contribution in [2.75, 3.05) is 19.6 Å². The zero-order valence-corrected chi connectivity index (χ0v) is 18.8. The second-order valence-corrected chi connectivity index (χ2v) is 4.62. The number of carbonyl (C=O) groups excluding carboxylic acids is 1. The number of hydrogen-bond donors (Lipinski definition) is 4. The van der Waals surface area contributed by atoms with Gasteiger partial charge in [0.15, 0.2) is 18.6 Å². The Balaban J connectivity index is -0.000000241. The molecule has 0 aromatic carbocycles. The summed E-state index contributed by atoms with van der Waals surface area (Å²) in [5, 5.41) is 37.6. The molecule has 0 spiro atoms. The first-order valence-electron chi connectivity index (χ1n) is 5.38. The average molecular weight is 372 g/mol. The van der Waals surface area contributed by atoms with Gasteiger partial charge in [0.2, 0.25) is 0 Å². The summed E-state index contributed by atoms with van der Waals surface area (Å²) < 4.78 is -1.07. The monoisotopic (exact) mass is 372 g/mol. The molecule has 0 aromatic rings. The molecule has 118 valence electrons. The zero-order chi connectivity index (χ0) is 14.8. The summed E-state index contributed by atoms with van der Waals surface area (Å²) in [5.74, 6) is -6.00. The predicted molar refractivity (Wildman–Crippen MR) is 62.0 cm³/mol. The molecular formula is C10H18K2N2O8. The molecule has 1 saturated carbocycles. The quantitative estimate of drug-likeness (QED) is 0.237. The number of carboxylic acids is 4. The summed E-state index contributed by atoms with van der Waals surface area (Å²) in [5.41, 5.74) is -1.67. The van der Waals surface area contributed by atoms with Gasteiger partial charge in [-0.25, -0.2) is 14.4 Å². The van der Waals surface area contributed by atoms with Gasteiger partial charge in [-0.3, -0.25) is 4.48 Å². The van der Waals surface area contributed by atoms with Crippen molar-refractivity contribution in [2.45, 2.75) is 18.4 Å². The van der Waals surface area contributed by atoms with E-state index in [0.717, 1.165) is 0 Å². The summed E-state index contributed by atoms with van der Waals surface area (Å²) in [6.45, 7) is -2.76. The maximum Gasteiger partial charge on any atom is 1.00 e. The molecule has 0 aliphatic heterocycles. The summed E-state index contributed by atoms with van der Waals surface area (Å²) >= 11 is 0. The number of carbonyl (C=O) groups is 4. The standard InChI is InChI=1S/C10H13NO8.2K.H3N.2H/c12-6(13)3-11(4-7(14)15,5-8(16)17)10(1-2-10)9(18)19;;;;;/h1-5H2,(H3-,12,13,14,15,16,17,18,19);;;1H3;;/q;2*+1;;2*-1. The molecule has 0 radical (unpaired) electrons. The molecule has 0 saturated heterocycles. The third-order valence-corrected chi connectivity index (χ3v) is 3.34. The van der Waals surface area contributed by atoms with Crippen molar-refractivity contribution < 1.29 is 150 Å². The minimum Gasteiger partial charge on any atom is -1.00 e. The SMILES string of the molecule is N.O=C([O-])C[N+](CC(=O)O)(CC(=O)O)C1(C(=O)O)CC1.[H-].[H-].[K+].[K+]. The minimum absolute atomic E-state index is 0. The molecule has 12 heteroatoms. The zero-order valence-electron chi connectivity index (χ0n) is 14.6. The van der Waals surface area contributed by atoms with Crippen LogP contribution in [0.1, 0.15) is 15.7 Å². The molecule has 1 fully saturated rings. The fourth-order valence-electron chi connectivity index (χ4n) is 2.40. The third-order valence-electron chi connectivity index (χ3n) is 3.34. The van der Waals surface area contributed by atoms with Crippen molar-refractivity contribution in [3.05, 3.63) is 0 Å². The molecule has 1 rings (SSSR count). The minimum atomic E-state index is -1.69. The first-order valence-corrected chi connectivity index (χ1v) is 5.38. The molecule has 0 unspecified atom stereocenters. The first-order chi connectivity index (χ1) is 8.65. The largest absolute Gasteiger partial charge is 1.00 e. The van der Waals surface area contributed by atoms with Crippen LogP contribution in [0.2, 0.25) is 0 Å². The van der Waals surface area contributed by atoms with Crippen LogP contribution in [0.3, 0.4) is 0 Å². The van der Waals surface area contributed by atoms with Gasteiger partial charge in [-0.1, -0.05) is 0 Å². The van der Waals surface area contributed by atoms with Gasteiger partial charge in [0, 0.05) is 12.8 Å². The van der Waals surface area contributed by atoms with Gasteiger partial charge in [0.25, 0.3) is 0 Å². The van der Waals surface area contributed by atoms with Gasteiger partial charge < -0.3 is 34.2 Å². The Morgan fingerprint density at radius 1 is 0.955 bits per heavy atom. The molecule has 0 amide bonds. The van der Waals surface area contributed by atoms with E-state index in [1.165, 1.54) is 0 Å². The molecule has 1 aliphatic carbocycles. The van der Waals surface area contributed by atoms with E-state index in [9.17, 15) is 24.3 Å². The van der Waals surface area contributed by atoms with E-state index in [0.29, 0.717) is 0 Å². The molecule has 0 atom stereocenters. The molecule has 0 aromatic heterocycles. The van der Waals surface area contributed by atoms with Gasteiger partial charge in [0.1, 0.15) is 6.54 Å². The number of carboxylic acid groups (broad SMARTS) is 4. The van der Waals surface area contributed by atoms with Crippen molar-refractivity contribution in [1.82, 2.24) is 6.15 Å². The van der Waals surface area contributed by atoms with Gasteiger partial charge in [-0.15, -0.1) is 0 Å².